The number of rotatable bonds is 2. The van der Waals surface area contributed by atoms with Crippen molar-refractivity contribution in [3.05, 3.63) is 0 Å². The fourth-order valence-electron chi connectivity index (χ4n) is 0.541. The van der Waals surface area contributed by atoms with Gasteiger partial charge in [0.05, 0.1) is 0 Å². The van der Waals surface area contributed by atoms with Gasteiger partial charge in [-0.25, -0.2) is 4.31 Å². The quantitative estimate of drug-likeness (QED) is 0.523. The minimum Gasteiger partial charge on any atom is -0.254 e. The SMILES string of the molecule is CC(C)N(C(=O)Cl)S(=O)(=O)Cl. The Morgan fingerprint density at radius 1 is 1.45 bits per heavy atom. The zero-order chi connectivity index (χ0) is 9.23. The Labute approximate surface area is 74.6 Å². The molecule has 0 radical (unpaired) electrons. The van der Waals surface area contributed by atoms with Crippen molar-refractivity contribution in [1.82, 2.24) is 4.31 Å². The highest BCUT2D eigenvalue weighted by molar-refractivity contribution is 8.12. The molecule has 0 aliphatic carbocycles. The van der Waals surface area contributed by atoms with Gasteiger partial charge in [0.1, 0.15) is 0 Å². The molecule has 0 bridgehead atoms. The molecule has 0 aromatic heterocycles. The monoisotopic (exact) mass is 219 g/mol. The zero-order valence-corrected chi connectivity index (χ0v) is 8.24. The van der Waals surface area contributed by atoms with E-state index >= 15 is 0 Å². The van der Waals surface area contributed by atoms with Gasteiger partial charge in [-0.2, -0.15) is 8.42 Å². The fourth-order valence-corrected chi connectivity index (χ4v) is 2.46. The van der Waals surface area contributed by atoms with E-state index in [1.165, 1.54) is 13.8 Å². The summed E-state index contributed by atoms with van der Waals surface area (Å²) in [5.41, 5.74) is 0. The maximum absolute atomic E-state index is 10.6. The molecular formula is C4H7Cl2NO3S. The highest BCUT2D eigenvalue weighted by Crippen LogP contribution is 2.13. The Bertz CT molecular complexity index is 248. The van der Waals surface area contributed by atoms with Crippen LogP contribution in [0.25, 0.3) is 0 Å². The van der Waals surface area contributed by atoms with Gasteiger partial charge in [-0.15, -0.1) is 0 Å². The Balaban J connectivity index is 4.79. The third kappa shape index (κ3) is 3.27. The third-order valence-corrected chi connectivity index (χ3v) is 2.66. The van der Waals surface area contributed by atoms with Crippen LogP contribution in [0.2, 0.25) is 0 Å². The smallest absolute Gasteiger partial charge is 0.254 e. The van der Waals surface area contributed by atoms with Crippen molar-refractivity contribution in [2.45, 2.75) is 19.9 Å². The summed E-state index contributed by atoms with van der Waals surface area (Å²) in [6.45, 7) is 2.97. The molecule has 0 unspecified atom stereocenters. The van der Waals surface area contributed by atoms with E-state index in [1.54, 1.807) is 0 Å². The van der Waals surface area contributed by atoms with Crippen molar-refractivity contribution in [3.63, 3.8) is 0 Å². The van der Waals surface area contributed by atoms with Gasteiger partial charge >= 0.3 is 14.6 Å². The number of halogens is 2. The van der Waals surface area contributed by atoms with Crippen LogP contribution in [0, 0.1) is 0 Å². The van der Waals surface area contributed by atoms with Crippen LogP contribution in [0.5, 0.6) is 0 Å². The standard InChI is InChI=1S/C4H7Cl2NO3S/c1-3(2)7(4(5)8)11(6,9)10/h3H,1-2H3. The molecule has 0 N–H and O–H groups in total. The molecule has 7 heteroatoms. The summed E-state index contributed by atoms with van der Waals surface area (Å²) < 4.78 is 21.6. The maximum Gasteiger partial charge on any atom is 0.331 e. The topological polar surface area (TPSA) is 54.5 Å². The third-order valence-electron chi connectivity index (χ3n) is 0.877. The summed E-state index contributed by atoms with van der Waals surface area (Å²) in [5.74, 6) is 0. The molecule has 0 aliphatic heterocycles. The molecule has 11 heavy (non-hydrogen) atoms. The van der Waals surface area contributed by atoms with Crippen LogP contribution in [-0.2, 0) is 9.24 Å². The van der Waals surface area contributed by atoms with Gasteiger partial charge in [0.15, 0.2) is 0 Å². The molecule has 0 spiro atoms. The first kappa shape index (κ1) is 11.0. The van der Waals surface area contributed by atoms with E-state index in [1.807, 2.05) is 0 Å². The molecule has 0 atom stereocenters. The van der Waals surface area contributed by atoms with Crippen LogP contribution in [0.15, 0.2) is 0 Å². The van der Waals surface area contributed by atoms with E-state index in [9.17, 15) is 13.2 Å². The molecule has 0 aromatic rings. The lowest BCUT2D eigenvalue weighted by molar-refractivity contribution is 0.239. The molecule has 0 fully saturated rings. The van der Waals surface area contributed by atoms with Crippen molar-refractivity contribution in [2.24, 2.45) is 0 Å². The van der Waals surface area contributed by atoms with Crippen molar-refractivity contribution in [3.8, 4) is 0 Å². The first-order chi connectivity index (χ1) is 4.76. The van der Waals surface area contributed by atoms with E-state index < -0.39 is 20.6 Å². The summed E-state index contributed by atoms with van der Waals surface area (Å²) in [6, 6.07) is -0.567. The number of carbonyl (C=O) groups is 1. The summed E-state index contributed by atoms with van der Waals surface area (Å²) in [4.78, 5) is 10.5. The average Bonchev–Trinajstić information content (AvgIpc) is 1.54. The Kier molecular flexibility index (Phi) is 3.60. The molecule has 4 nitrogen and oxygen atoms in total. The predicted molar refractivity (Wildman–Crippen MR) is 43.0 cm³/mol. The highest BCUT2D eigenvalue weighted by Gasteiger charge is 2.26. The van der Waals surface area contributed by atoms with Crippen LogP contribution in [0.3, 0.4) is 0 Å². The molecule has 0 saturated heterocycles. The first-order valence-electron chi connectivity index (χ1n) is 2.70. The second kappa shape index (κ2) is 3.60. The summed E-state index contributed by atoms with van der Waals surface area (Å²) in [5, 5.41) is -1.10. The van der Waals surface area contributed by atoms with Crippen molar-refractivity contribution in [1.29, 1.82) is 0 Å². The minimum atomic E-state index is -4.04. The predicted octanol–water partition coefficient (Wildman–Crippen LogP) is 1.54. The van der Waals surface area contributed by atoms with Crippen molar-refractivity contribution in [2.75, 3.05) is 0 Å². The molecule has 0 saturated carbocycles. The highest BCUT2D eigenvalue weighted by atomic mass is 35.7. The second-order valence-corrected chi connectivity index (χ2v) is 4.80. The number of nitrogens with zero attached hydrogens (tertiary/aromatic N) is 1. The molecule has 0 heterocycles. The Hall–Kier alpha value is -0.000000000000000111. The van der Waals surface area contributed by atoms with Crippen LogP contribution >= 0.6 is 22.3 Å². The lowest BCUT2D eigenvalue weighted by atomic mass is 10.4. The van der Waals surface area contributed by atoms with E-state index in [2.05, 4.69) is 0 Å². The van der Waals surface area contributed by atoms with Gasteiger partial charge in [-0.3, -0.25) is 4.79 Å². The molecule has 1 amide bonds. The lowest BCUT2D eigenvalue weighted by Crippen LogP contribution is -2.35. The normalized spacial score (nSPS) is 11.7. The molecule has 0 aromatic carbocycles. The summed E-state index contributed by atoms with van der Waals surface area (Å²) in [7, 11) is 0.843. The van der Waals surface area contributed by atoms with E-state index in [4.69, 9.17) is 22.3 Å². The van der Waals surface area contributed by atoms with Crippen LogP contribution < -0.4 is 0 Å². The Morgan fingerprint density at radius 2 is 1.82 bits per heavy atom. The van der Waals surface area contributed by atoms with Crippen molar-refractivity contribution < 1.29 is 13.2 Å². The molecule has 0 aliphatic rings. The second-order valence-electron chi connectivity index (χ2n) is 2.08. The van der Waals surface area contributed by atoms with Crippen LogP contribution in [0.1, 0.15) is 13.8 Å². The van der Waals surface area contributed by atoms with Gasteiger partial charge < -0.3 is 0 Å². The van der Waals surface area contributed by atoms with E-state index in [0.29, 0.717) is 4.31 Å². The van der Waals surface area contributed by atoms with E-state index in [0.717, 1.165) is 0 Å². The van der Waals surface area contributed by atoms with Crippen LogP contribution in [0.4, 0.5) is 4.79 Å². The molecular weight excluding hydrogens is 213 g/mol. The van der Waals surface area contributed by atoms with Gasteiger partial charge in [0.25, 0.3) is 0 Å². The lowest BCUT2D eigenvalue weighted by Gasteiger charge is -2.18. The van der Waals surface area contributed by atoms with Gasteiger partial charge in [0.2, 0.25) is 0 Å². The number of amides is 1. The fraction of sp³-hybridized carbons (Fsp3) is 0.750. The average molecular weight is 220 g/mol. The largest absolute Gasteiger partial charge is 0.331 e. The summed E-state index contributed by atoms with van der Waals surface area (Å²) in [6.07, 6.45) is 0. The van der Waals surface area contributed by atoms with Crippen LogP contribution in [-0.4, -0.2) is 24.1 Å². The van der Waals surface area contributed by atoms with Gasteiger partial charge in [0, 0.05) is 16.7 Å². The molecule has 66 valence electrons. The Morgan fingerprint density at radius 3 is 1.82 bits per heavy atom. The first-order valence-corrected chi connectivity index (χ1v) is 5.34. The molecule has 0 rings (SSSR count). The summed E-state index contributed by atoms with van der Waals surface area (Å²) >= 11 is 4.95. The van der Waals surface area contributed by atoms with E-state index in [-0.39, 0.29) is 0 Å². The minimum absolute atomic E-state index is 0.385. The number of hydrogen-bond donors (Lipinski definition) is 0. The number of hydrogen-bond acceptors (Lipinski definition) is 3. The maximum atomic E-state index is 10.6. The van der Waals surface area contributed by atoms with Crippen molar-refractivity contribution >= 4 is 36.9 Å². The zero-order valence-electron chi connectivity index (χ0n) is 5.91. The number of carbonyl (C=O) groups excluding carboxylic acids is 1. The van der Waals surface area contributed by atoms with Gasteiger partial charge in [-0.1, -0.05) is 0 Å². The van der Waals surface area contributed by atoms with Gasteiger partial charge in [-0.05, 0) is 25.4 Å².